The van der Waals surface area contributed by atoms with E-state index in [-0.39, 0.29) is 6.42 Å². The summed E-state index contributed by atoms with van der Waals surface area (Å²) in [7, 11) is 0. The van der Waals surface area contributed by atoms with Crippen LogP contribution < -0.4 is 0 Å². The number of carboxylic acid groups (broad SMARTS) is 1. The topological polar surface area (TPSA) is 42.2 Å². The minimum atomic E-state index is -0.717. The number of hydrogen-bond acceptors (Lipinski definition) is 1. The third-order valence-electron chi connectivity index (χ3n) is 2.80. The molecule has 90 valence electrons. The van der Waals surface area contributed by atoms with Gasteiger partial charge < -0.3 is 9.67 Å². The number of nitrogens with zero attached hydrogens (tertiary/aromatic N) is 1. The Morgan fingerprint density at radius 2 is 2.12 bits per heavy atom. The Morgan fingerprint density at radius 1 is 1.29 bits per heavy atom. The summed E-state index contributed by atoms with van der Waals surface area (Å²) >= 11 is 3.52. The molecule has 0 aliphatic heterocycles. The van der Waals surface area contributed by atoms with Crippen molar-refractivity contribution in [1.29, 1.82) is 0 Å². The van der Waals surface area contributed by atoms with Crippen LogP contribution >= 0.6 is 15.9 Å². The molecule has 0 bridgehead atoms. The van der Waals surface area contributed by atoms with E-state index in [0.29, 0.717) is 0 Å². The molecule has 17 heavy (non-hydrogen) atoms. The fraction of sp³-hybridized carbons (Fsp3) is 0.308. The quantitative estimate of drug-likeness (QED) is 0.856. The van der Waals surface area contributed by atoms with Crippen molar-refractivity contribution >= 4 is 32.8 Å². The van der Waals surface area contributed by atoms with Crippen LogP contribution in [0.25, 0.3) is 10.9 Å². The number of aryl methyl sites for hydroxylation is 1. The summed E-state index contributed by atoms with van der Waals surface area (Å²) in [5.74, 6) is -0.717. The molecule has 0 spiro atoms. The number of benzene rings is 1. The summed E-state index contributed by atoms with van der Waals surface area (Å²) < 4.78 is 3.27. The van der Waals surface area contributed by atoms with E-state index in [1.54, 1.807) is 0 Å². The summed E-state index contributed by atoms with van der Waals surface area (Å²) in [5, 5.41) is 9.77. The summed E-state index contributed by atoms with van der Waals surface area (Å²) in [6.07, 6.45) is 3.92. The molecule has 1 heterocycles. The first-order valence-corrected chi connectivity index (χ1v) is 6.43. The molecule has 3 nitrogen and oxygen atoms in total. The molecule has 1 aromatic carbocycles. The van der Waals surface area contributed by atoms with E-state index in [1.807, 2.05) is 12.1 Å². The van der Waals surface area contributed by atoms with Crippen LogP contribution in [-0.2, 0) is 11.3 Å². The summed E-state index contributed by atoms with van der Waals surface area (Å²) in [5.41, 5.74) is 1.19. The normalized spacial score (nSPS) is 10.9. The van der Waals surface area contributed by atoms with E-state index < -0.39 is 5.97 Å². The average molecular weight is 296 g/mol. The van der Waals surface area contributed by atoms with Crippen LogP contribution in [0.15, 0.2) is 34.9 Å². The molecule has 0 saturated heterocycles. The van der Waals surface area contributed by atoms with E-state index in [2.05, 4.69) is 38.8 Å². The Hall–Kier alpha value is -1.29. The summed E-state index contributed by atoms with van der Waals surface area (Å²) in [4.78, 5) is 10.4. The predicted octanol–water partition coefficient (Wildman–Crippen LogP) is 3.66. The van der Waals surface area contributed by atoms with Crippen LogP contribution in [-0.4, -0.2) is 15.6 Å². The van der Waals surface area contributed by atoms with Crippen LogP contribution in [0.3, 0.4) is 0 Å². The smallest absolute Gasteiger partial charge is 0.303 e. The molecule has 1 aromatic heterocycles. The highest BCUT2D eigenvalue weighted by molar-refractivity contribution is 9.10. The molecular formula is C13H14BrNO2. The second-order valence-corrected chi connectivity index (χ2v) is 4.89. The largest absolute Gasteiger partial charge is 0.481 e. The van der Waals surface area contributed by atoms with Crippen molar-refractivity contribution in [3.05, 3.63) is 34.9 Å². The maximum Gasteiger partial charge on any atom is 0.303 e. The van der Waals surface area contributed by atoms with E-state index in [0.717, 1.165) is 23.9 Å². The van der Waals surface area contributed by atoms with Crippen LogP contribution in [0.2, 0.25) is 0 Å². The monoisotopic (exact) mass is 295 g/mol. The first-order chi connectivity index (χ1) is 8.18. The Kier molecular flexibility index (Phi) is 3.84. The Morgan fingerprint density at radius 3 is 2.88 bits per heavy atom. The number of unbranched alkanes of at least 4 members (excludes halogenated alkanes) is 1. The minimum Gasteiger partial charge on any atom is -0.481 e. The van der Waals surface area contributed by atoms with Gasteiger partial charge in [-0.3, -0.25) is 4.79 Å². The maximum absolute atomic E-state index is 10.4. The van der Waals surface area contributed by atoms with Crippen LogP contribution in [0.4, 0.5) is 0 Å². The molecule has 2 aromatic rings. The lowest BCUT2D eigenvalue weighted by molar-refractivity contribution is -0.137. The number of carbonyl (C=O) groups is 1. The van der Waals surface area contributed by atoms with Crippen molar-refractivity contribution in [2.24, 2.45) is 0 Å². The fourth-order valence-corrected chi connectivity index (χ4v) is 2.43. The Bertz CT molecular complexity index is 533. The van der Waals surface area contributed by atoms with E-state index >= 15 is 0 Å². The molecule has 0 atom stereocenters. The van der Waals surface area contributed by atoms with Gasteiger partial charge >= 0.3 is 5.97 Å². The highest BCUT2D eigenvalue weighted by Gasteiger charge is 2.03. The number of aliphatic carboxylic acids is 1. The van der Waals surface area contributed by atoms with Crippen LogP contribution in [0.1, 0.15) is 19.3 Å². The van der Waals surface area contributed by atoms with Crippen molar-refractivity contribution in [2.45, 2.75) is 25.8 Å². The zero-order chi connectivity index (χ0) is 12.3. The van der Waals surface area contributed by atoms with E-state index in [4.69, 9.17) is 5.11 Å². The minimum absolute atomic E-state index is 0.253. The van der Waals surface area contributed by atoms with Crippen LogP contribution in [0, 0.1) is 0 Å². The van der Waals surface area contributed by atoms with Gasteiger partial charge in [-0.1, -0.05) is 22.0 Å². The molecular weight excluding hydrogens is 282 g/mol. The van der Waals surface area contributed by atoms with Gasteiger partial charge in [-0.25, -0.2) is 0 Å². The van der Waals surface area contributed by atoms with Gasteiger partial charge in [0.15, 0.2) is 0 Å². The molecule has 0 aliphatic rings. The maximum atomic E-state index is 10.4. The molecule has 1 N–H and O–H groups in total. The van der Waals surface area contributed by atoms with Crippen molar-refractivity contribution in [3.63, 3.8) is 0 Å². The second-order valence-electron chi connectivity index (χ2n) is 4.03. The van der Waals surface area contributed by atoms with Gasteiger partial charge in [0.25, 0.3) is 0 Å². The average Bonchev–Trinajstić information content (AvgIpc) is 2.69. The summed E-state index contributed by atoms with van der Waals surface area (Å²) in [6.45, 7) is 0.868. The number of fused-ring (bicyclic) bond motifs is 1. The molecule has 2 rings (SSSR count). The fourth-order valence-electron chi connectivity index (χ4n) is 1.94. The Balaban J connectivity index is 2.04. The lowest BCUT2D eigenvalue weighted by atomic mass is 10.2. The van der Waals surface area contributed by atoms with Gasteiger partial charge in [-0.05, 0) is 31.0 Å². The highest BCUT2D eigenvalue weighted by Crippen LogP contribution is 2.24. The van der Waals surface area contributed by atoms with Crippen molar-refractivity contribution in [1.82, 2.24) is 4.57 Å². The van der Waals surface area contributed by atoms with Crippen molar-refractivity contribution in [3.8, 4) is 0 Å². The predicted molar refractivity (Wildman–Crippen MR) is 71.1 cm³/mol. The number of halogens is 1. The molecule has 0 fully saturated rings. The molecule has 0 amide bonds. The first-order valence-electron chi connectivity index (χ1n) is 5.63. The van der Waals surface area contributed by atoms with Crippen molar-refractivity contribution in [2.75, 3.05) is 0 Å². The first kappa shape index (κ1) is 12.2. The molecule has 0 aliphatic carbocycles. The molecule has 4 heteroatoms. The van der Waals surface area contributed by atoms with Crippen LogP contribution in [0.5, 0.6) is 0 Å². The van der Waals surface area contributed by atoms with Gasteiger partial charge in [-0.15, -0.1) is 0 Å². The second kappa shape index (κ2) is 5.36. The number of aromatic nitrogens is 1. The number of carboxylic acids is 1. The lowest BCUT2D eigenvalue weighted by Crippen LogP contribution is -1.99. The molecule has 0 saturated carbocycles. The van der Waals surface area contributed by atoms with Gasteiger partial charge in [0, 0.05) is 34.5 Å². The van der Waals surface area contributed by atoms with E-state index in [9.17, 15) is 4.79 Å². The SMILES string of the molecule is O=C(O)CCCCn1ccc2c(Br)cccc21. The highest BCUT2D eigenvalue weighted by atomic mass is 79.9. The lowest BCUT2D eigenvalue weighted by Gasteiger charge is -2.04. The Labute approximate surface area is 108 Å². The number of rotatable bonds is 5. The van der Waals surface area contributed by atoms with Gasteiger partial charge in [0.2, 0.25) is 0 Å². The third kappa shape index (κ3) is 2.88. The third-order valence-corrected chi connectivity index (χ3v) is 3.49. The van der Waals surface area contributed by atoms with Gasteiger partial charge in [0.1, 0.15) is 0 Å². The van der Waals surface area contributed by atoms with E-state index in [1.165, 1.54) is 10.9 Å². The van der Waals surface area contributed by atoms with Gasteiger partial charge in [0.05, 0.1) is 0 Å². The zero-order valence-corrected chi connectivity index (χ0v) is 11.0. The molecule has 0 radical (unpaired) electrons. The summed E-state index contributed by atoms with van der Waals surface area (Å²) in [6, 6.07) is 8.20. The zero-order valence-electron chi connectivity index (χ0n) is 9.40. The molecule has 0 unspecified atom stereocenters. The number of hydrogen-bond donors (Lipinski definition) is 1. The van der Waals surface area contributed by atoms with Crippen molar-refractivity contribution < 1.29 is 9.90 Å². The standard InChI is InChI=1S/C13H14BrNO2/c14-11-4-3-5-12-10(11)7-9-15(12)8-2-1-6-13(16)17/h3-5,7,9H,1-2,6,8H2,(H,16,17). The van der Waals surface area contributed by atoms with Gasteiger partial charge in [-0.2, -0.15) is 0 Å².